The van der Waals surface area contributed by atoms with Gasteiger partial charge in [0.25, 0.3) is 10.0 Å². The third-order valence-corrected chi connectivity index (χ3v) is 6.00. The van der Waals surface area contributed by atoms with Crippen molar-refractivity contribution in [1.29, 1.82) is 0 Å². The monoisotopic (exact) mass is 337 g/mol. The molecule has 1 heterocycles. The molecule has 0 aliphatic heterocycles. The summed E-state index contributed by atoms with van der Waals surface area (Å²) in [4.78, 5) is 0.567. The predicted molar refractivity (Wildman–Crippen MR) is 77.5 cm³/mol. The maximum Gasteiger partial charge on any atom is 0.271 e. The number of benzene rings is 1. The highest BCUT2D eigenvalue weighted by atomic mass is 35.5. The zero-order chi connectivity index (χ0) is 14.0. The second-order valence-electron chi connectivity index (χ2n) is 3.59. The number of aliphatic hydroxyl groups excluding tert-OH is 1. The molecule has 0 saturated heterocycles. The van der Waals surface area contributed by atoms with Crippen molar-refractivity contribution in [2.45, 2.75) is 10.8 Å². The summed E-state index contributed by atoms with van der Waals surface area (Å²) in [5.74, 6) is 0. The number of halogens is 2. The molecule has 1 aromatic heterocycles. The van der Waals surface area contributed by atoms with Gasteiger partial charge in [-0.3, -0.25) is 4.72 Å². The van der Waals surface area contributed by atoms with E-state index in [1.807, 2.05) is 0 Å². The first-order valence-electron chi connectivity index (χ1n) is 5.10. The first-order valence-corrected chi connectivity index (χ1v) is 8.16. The van der Waals surface area contributed by atoms with Gasteiger partial charge in [0.05, 0.1) is 22.3 Å². The largest absolute Gasteiger partial charge is 0.391 e. The number of aliphatic hydroxyl groups is 1. The zero-order valence-electron chi connectivity index (χ0n) is 9.43. The standard InChI is InChI=1S/C11H9Cl2NO3S2/c12-8-2-1-3-9(11(8)13)14-19(16,17)10-5-4-7(6-15)18-10/h1-5,14-15H,6H2. The Kier molecular flexibility index (Phi) is 4.37. The molecule has 0 saturated carbocycles. The van der Waals surface area contributed by atoms with Gasteiger partial charge >= 0.3 is 0 Å². The molecule has 0 radical (unpaired) electrons. The summed E-state index contributed by atoms with van der Waals surface area (Å²) in [5.41, 5.74) is 0.216. The van der Waals surface area contributed by atoms with Crippen molar-refractivity contribution < 1.29 is 13.5 Å². The molecule has 2 rings (SSSR count). The summed E-state index contributed by atoms with van der Waals surface area (Å²) in [5, 5.41) is 9.36. The van der Waals surface area contributed by atoms with Gasteiger partial charge in [0.15, 0.2) is 0 Å². The van der Waals surface area contributed by atoms with Crippen LogP contribution in [0.5, 0.6) is 0 Å². The number of thiophene rings is 1. The lowest BCUT2D eigenvalue weighted by Gasteiger charge is -2.08. The molecule has 0 aliphatic carbocycles. The number of nitrogens with one attached hydrogen (secondary N) is 1. The molecule has 1 aromatic carbocycles. The molecule has 0 atom stereocenters. The molecule has 4 nitrogen and oxygen atoms in total. The van der Waals surface area contributed by atoms with Crippen LogP contribution in [0, 0.1) is 0 Å². The van der Waals surface area contributed by atoms with E-state index in [0.29, 0.717) is 4.88 Å². The van der Waals surface area contributed by atoms with Gasteiger partial charge in [-0.25, -0.2) is 8.42 Å². The Morgan fingerprint density at radius 2 is 1.95 bits per heavy atom. The van der Waals surface area contributed by atoms with Gasteiger partial charge in [0, 0.05) is 4.88 Å². The van der Waals surface area contributed by atoms with Gasteiger partial charge in [-0.15, -0.1) is 11.3 Å². The average Bonchev–Trinajstić information content (AvgIpc) is 2.84. The lowest BCUT2D eigenvalue weighted by molar-refractivity contribution is 0.285. The molecular weight excluding hydrogens is 329 g/mol. The van der Waals surface area contributed by atoms with Crippen LogP contribution in [0.15, 0.2) is 34.5 Å². The lowest BCUT2D eigenvalue weighted by Crippen LogP contribution is -2.11. The molecule has 19 heavy (non-hydrogen) atoms. The Balaban J connectivity index is 2.33. The smallest absolute Gasteiger partial charge is 0.271 e. The summed E-state index contributed by atoms with van der Waals surface area (Å²) in [6.45, 7) is -0.196. The Labute approximate surface area is 124 Å². The molecule has 2 N–H and O–H groups in total. The summed E-state index contributed by atoms with van der Waals surface area (Å²) < 4.78 is 26.7. The topological polar surface area (TPSA) is 66.4 Å². The highest BCUT2D eigenvalue weighted by Crippen LogP contribution is 2.32. The van der Waals surface area contributed by atoms with Crippen molar-refractivity contribution >= 4 is 50.2 Å². The van der Waals surface area contributed by atoms with Gasteiger partial charge in [0.1, 0.15) is 4.21 Å². The van der Waals surface area contributed by atoms with E-state index in [1.165, 1.54) is 12.1 Å². The van der Waals surface area contributed by atoms with Crippen LogP contribution in [0.1, 0.15) is 4.88 Å². The quantitative estimate of drug-likeness (QED) is 0.898. The van der Waals surface area contributed by atoms with Crippen molar-refractivity contribution in [3.05, 3.63) is 45.3 Å². The fourth-order valence-corrected chi connectivity index (χ4v) is 4.06. The summed E-state index contributed by atoms with van der Waals surface area (Å²) in [7, 11) is -3.73. The molecular formula is C11H9Cl2NO3S2. The number of rotatable bonds is 4. The number of sulfonamides is 1. The SMILES string of the molecule is O=S(=O)(Nc1cccc(Cl)c1Cl)c1ccc(CO)s1. The van der Waals surface area contributed by atoms with Crippen LogP contribution in [0.4, 0.5) is 5.69 Å². The van der Waals surface area contributed by atoms with E-state index < -0.39 is 10.0 Å². The lowest BCUT2D eigenvalue weighted by atomic mass is 10.3. The maximum absolute atomic E-state index is 12.1. The van der Waals surface area contributed by atoms with Crippen LogP contribution in [0.2, 0.25) is 10.0 Å². The molecule has 8 heteroatoms. The molecule has 2 aromatic rings. The summed E-state index contributed by atoms with van der Waals surface area (Å²) in [6.07, 6.45) is 0. The Hall–Kier alpha value is -0.790. The number of anilines is 1. The third kappa shape index (κ3) is 3.21. The van der Waals surface area contributed by atoms with E-state index in [-0.39, 0.29) is 26.5 Å². The highest BCUT2D eigenvalue weighted by molar-refractivity contribution is 7.94. The van der Waals surface area contributed by atoms with Gasteiger partial charge in [-0.05, 0) is 24.3 Å². The second kappa shape index (κ2) is 5.68. The van der Waals surface area contributed by atoms with Crippen molar-refractivity contribution in [3.8, 4) is 0 Å². The van der Waals surface area contributed by atoms with E-state index in [1.54, 1.807) is 18.2 Å². The third-order valence-electron chi connectivity index (χ3n) is 2.25. The fourth-order valence-electron chi connectivity index (χ4n) is 1.37. The van der Waals surface area contributed by atoms with E-state index in [0.717, 1.165) is 11.3 Å². The summed E-state index contributed by atoms with van der Waals surface area (Å²) in [6, 6.07) is 7.67. The first-order chi connectivity index (χ1) is 8.94. The molecule has 0 aliphatic rings. The molecule has 102 valence electrons. The Bertz CT molecular complexity index is 698. The molecule has 0 spiro atoms. The minimum absolute atomic E-state index is 0.104. The Morgan fingerprint density at radius 1 is 1.21 bits per heavy atom. The molecule has 0 amide bonds. The van der Waals surface area contributed by atoms with E-state index in [9.17, 15) is 8.42 Å². The molecule has 0 bridgehead atoms. The maximum atomic E-state index is 12.1. The van der Waals surface area contributed by atoms with Crippen LogP contribution in [0.3, 0.4) is 0 Å². The molecule has 0 unspecified atom stereocenters. The van der Waals surface area contributed by atoms with Gasteiger partial charge in [0.2, 0.25) is 0 Å². The van der Waals surface area contributed by atoms with Crippen LogP contribution < -0.4 is 4.72 Å². The van der Waals surface area contributed by atoms with Crippen LogP contribution in [-0.2, 0) is 16.6 Å². The molecule has 0 fully saturated rings. The van der Waals surface area contributed by atoms with Gasteiger partial charge < -0.3 is 5.11 Å². The van der Waals surface area contributed by atoms with Crippen LogP contribution in [0.25, 0.3) is 0 Å². The van der Waals surface area contributed by atoms with Crippen LogP contribution in [-0.4, -0.2) is 13.5 Å². The van der Waals surface area contributed by atoms with Crippen molar-refractivity contribution in [2.24, 2.45) is 0 Å². The number of hydrogen-bond acceptors (Lipinski definition) is 4. The minimum Gasteiger partial charge on any atom is -0.391 e. The normalized spacial score (nSPS) is 11.5. The van der Waals surface area contributed by atoms with Crippen molar-refractivity contribution in [2.75, 3.05) is 4.72 Å². The van der Waals surface area contributed by atoms with E-state index in [2.05, 4.69) is 4.72 Å². The van der Waals surface area contributed by atoms with Crippen LogP contribution >= 0.6 is 34.5 Å². The fraction of sp³-hybridized carbons (Fsp3) is 0.0909. The van der Waals surface area contributed by atoms with Crippen molar-refractivity contribution in [1.82, 2.24) is 0 Å². The van der Waals surface area contributed by atoms with Crippen molar-refractivity contribution in [3.63, 3.8) is 0 Å². The predicted octanol–water partition coefficient (Wildman–Crippen LogP) is 3.35. The minimum atomic E-state index is -3.73. The number of hydrogen-bond donors (Lipinski definition) is 2. The van der Waals surface area contributed by atoms with E-state index >= 15 is 0 Å². The zero-order valence-corrected chi connectivity index (χ0v) is 12.6. The van der Waals surface area contributed by atoms with Gasteiger partial charge in [-0.2, -0.15) is 0 Å². The van der Waals surface area contributed by atoms with E-state index in [4.69, 9.17) is 28.3 Å². The second-order valence-corrected chi connectivity index (χ2v) is 7.45. The highest BCUT2D eigenvalue weighted by Gasteiger charge is 2.18. The first kappa shape index (κ1) is 14.6. The average molecular weight is 338 g/mol. The van der Waals surface area contributed by atoms with Gasteiger partial charge in [-0.1, -0.05) is 29.3 Å². The Morgan fingerprint density at radius 3 is 2.58 bits per heavy atom. The summed E-state index contributed by atoms with van der Waals surface area (Å²) >= 11 is 12.7.